The predicted octanol–water partition coefficient (Wildman–Crippen LogP) is 0.413. The summed E-state index contributed by atoms with van der Waals surface area (Å²) in [6.07, 6.45) is 2.65. The van der Waals surface area contributed by atoms with Crippen molar-refractivity contribution >= 4 is 5.95 Å². The van der Waals surface area contributed by atoms with Gasteiger partial charge in [0.05, 0.1) is 12.7 Å². The van der Waals surface area contributed by atoms with Gasteiger partial charge in [-0.25, -0.2) is 4.98 Å². The molecule has 3 rings (SSSR count). The number of nitrogens with one attached hydrogen (secondary N) is 1. The van der Waals surface area contributed by atoms with Crippen LogP contribution in [0.25, 0.3) is 11.4 Å². The molecule has 0 amide bonds. The number of nitrogens with two attached hydrogens (primary N) is 1. The molecule has 0 aliphatic carbocycles. The van der Waals surface area contributed by atoms with Crippen LogP contribution in [0.5, 0.6) is 5.88 Å². The van der Waals surface area contributed by atoms with E-state index in [0.717, 1.165) is 25.1 Å². The van der Waals surface area contributed by atoms with E-state index >= 15 is 0 Å². The standard InChI is InChI=1S/C12H16N6O/c1-19-11-9(3-2-5-14-11)10-15-12(17-16-10)18-6-4-8(13)7-18/h2-3,5,8H,4,6-7,13H2,1H3,(H,15,16,17). The van der Waals surface area contributed by atoms with Gasteiger partial charge >= 0.3 is 0 Å². The first-order valence-corrected chi connectivity index (χ1v) is 6.20. The molecule has 1 fully saturated rings. The van der Waals surface area contributed by atoms with Crippen LogP contribution in [0.2, 0.25) is 0 Å². The van der Waals surface area contributed by atoms with Crippen LogP contribution in [0, 0.1) is 0 Å². The summed E-state index contributed by atoms with van der Waals surface area (Å²) in [5, 5.41) is 7.16. The molecule has 1 unspecified atom stereocenters. The molecule has 1 aliphatic heterocycles. The van der Waals surface area contributed by atoms with Gasteiger partial charge in [-0.15, -0.1) is 5.10 Å². The van der Waals surface area contributed by atoms with Gasteiger partial charge in [0.15, 0.2) is 5.82 Å². The minimum absolute atomic E-state index is 0.204. The number of rotatable bonds is 3. The minimum atomic E-state index is 0.204. The molecular weight excluding hydrogens is 244 g/mol. The Morgan fingerprint density at radius 3 is 3.16 bits per heavy atom. The van der Waals surface area contributed by atoms with E-state index in [-0.39, 0.29) is 6.04 Å². The summed E-state index contributed by atoms with van der Waals surface area (Å²) in [5.41, 5.74) is 6.69. The molecule has 2 aromatic rings. The fraction of sp³-hybridized carbons (Fsp3) is 0.417. The summed E-state index contributed by atoms with van der Waals surface area (Å²) in [5.74, 6) is 1.86. The summed E-state index contributed by atoms with van der Waals surface area (Å²) >= 11 is 0. The average molecular weight is 260 g/mol. The van der Waals surface area contributed by atoms with Crippen LogP contribution < -0.4 is 15.4 Å². The minimum Gasteiger partial charge on any atom is -0.480 e. The number of pyridine rings is 1. The zero-order valence-corrected chi connectivity index (χ0v) is 10.7. The molecule has 0 saturated carbocycles. The summed E-state index contributed by atoms with van der Waals surface area (Å²) in [6.45, 7) is 1.68. The van der Waals surface area contributed by atoms with E-state index in [1.54, 1.807) is 13.3 Å². The normalized spacial score (nSPS) is 18.8. The van der Waals surface area contributed by atoms with Crippen molar-refractivity contribution in [2.24, 2.45) is 5.73 Å². The lowest BCUT2D eigenvalue weighted by Crippen LogP contribution is -2.26. The Balaban J connectivity index is 1.88. The molecule has 0 radical (unpaired) electrons. The fourth-order valence-electron chi connectivity index (χ4n) is 2.22. The Hall–Kier alpha value is -2.15. The Bertz CT molecular complexity index is 569. The molecule has 7 heteroatoms. The van der Waals surface area contributed by atoms with Crippen LogP contribution in [0.15, 0.2) is 18.3 Å². The van der Waals surface area contributed by atoms with Gasteiger partial charge in [0.2, 0.25) is 11.8 Å². The van der Waals surface area contributed by atoms with Crippen molar-refractivity contribution in [2.75, 3.05) is 25.1 Å². The molecule has 1 aliphatic rings. The molecule has 7 nitrogen and oxygen atoms in total. The third-order valence-corrected chi connectivity index (χ3v) is 3.20. The summed E-state index contributed by atoms with van der Waals surface area (Å²) in [6, 6.07) is 3.94. The summed E-state index contributed by atoms with van der Waals surface area (Å²) in [4.78, 5) is 10.7. The van der Waals surface area contributed by atoms with E-state index in [1.807, 2.05) is 12.1 Å². The van der Waals surface area contributed by atoms with Gasteiger partial charge in [0.1, 0.15) is 0 Å². The number of aromatic nitrogens is 4. The molecule has 3 heterocycles. The predicted molar refractivity (Wildman–Crippen MR) is 71.0 cm³/mol. The van der Waals surface area contributed by atoms with Crippen molar-refractivity contribution < 1.29 is 4.74 Å². The van der Waals surface area contributed by atoms with E-state index in [2.05, 4.69) is 25.1 Å². The van der Waals surface area contributed by atoms with Gasteiger partial charge in [-0.05, 0) is 18.6 Å². The number of hydrogen-bond acceptors (Lipinski definition) is 6. The second kappa shape index (κ2) is 4.85. The van der Waals surface area contributed by atoms with Crippen molar-refractivity contribution in [3.05, 3.63) is 18.3 Å². The first-order valence-electron chi connectivity index (χ1n) is 6.20. The number of methoxy groups -OCH3 is 1. The molecule has 3 N–H and O–H groups in total. The maximum Gasteiger partial charge on any atom is 0.245 e. The maximum absolute atomic E-state index is 5.89. The third kappa shape index (κ3) is 2.24. The number of ether oxygens (including phenoxy) is 1. The monoisotopic (exact) mass is 260 g/mol. The van der Waals surface area contributed by atoms with E-state index < -0.39 is 0 Å². The molecule has 0 spiro atoms. The number of hydrogen-bond donors (Lipinski definition) is 2. The highest BCUT2D eigenvalue weighted by molar-refractivity contribution is 5.62. The Kier molecular flexibility index (Phi) is 3.04. The van der Waals surface area contributed by atoms with Gasteiger partial charge in [-0.3, -0.25) is 5.10 Å². The topological polar surface area (TPSA) is 93.0 Å². The van der Waals surface area contributed by atoms with Crippen LogP contribution in [0.3, 0.4) is 0 Å². The summed E-state index contributed by atoms with van der Waals surface area (Å²) < 4.78 is 5.22. The SMILES string of the molecule is COc1ncccc1-c1nc(N2CCC(N)C2)n[nH]1. The van der Waals surface area contributed by atoms with Crippen LogP contribution in [-0.2, 0) is 0 Å². The lowest BCUT2D eigenvalue weighted by Gasteiger charge is -2.11. The maximum atomic E-state index is 5.89. The lowest BCUT2D eigenvalue weighted by molar-refractivity contribution is 0.399. The van der Waals surface area contributed by atoms with Gasteiger partial charge in [0.25, 0.3) is 0 Å². The molecule has 100 valence electrons. The molecule has 0 bridgehead atoms. The van der Waals surface area contributed by atoms with Crippen molar-refractivity contribution in [1.29, 1.82) is 0 Å². The smallest absolute Gasteiger partial charge is 0.245 e. The van der Waals surface area contributed by atoms with Crippen LogP contribution >= 0.6 is 0 Å². The fourth-order valence-corrected chi connectivity index (χ4v) is 2.22. The first-order chi connectivity index (χ1) is 9.28. The van der Waals surface area contributed by atoms with Crippen molar-refractivity contribution in [1.82, 2.24) is 20.2 Å². The highest BCUT2D eigenvalue weighted by atomic mass is 16.5. The molecule has 0 aromatic carbocycles. The summed E-state index contributed by atoms with van der Waals surface area (Å²) in [7, 11) is 1.59. The third-order valence-electron chi connectivity index (χ3n) is 3.20. The molecule has 1 saturated heterocycles. The van der Waals surface area contributed by atoms with Crippen LogP contribution in [0.1, 0.15) is 6.42 Å². The lowest BCUT2D eigenvalue weighted by atomic mass is 10.2. The van der Waals surface area contributed by atoms with Crippen LogP contribution in [0.4, 0.5) is 5.95 Å². The molecule has 2 aromatic heterocycles. The largest absolute Gasteiger partial charge is 0.480 e. The molecule has 19 heavy (non-hydrogen) atoms. The zero-order chi connectivity index (χ0) is 13.2. The molecule has 1 atom stereocenters. The van der Waals surface area contributed by atoms with E-state index in [0.29, 0.717) is 17.7 Å². The van der Waals surface area contributed by atoms with Crippen molar-refractivity contribution in [2.45, 2.75) is 12.5 Å². The zero-order valence-electron chi connectivity index (χ0n) is 10.7. The van der Waals surface area contributed by atoms with Crippen LogP contribution in [-0.4, -0.2) is 46.4 Å². The number of aromatic amines is 1. The Morgan fingerprint density at radius 2 is 2.42 bits per heavy atom. The van der Waals surface area contributed by atoms with E-state index in [9.17, 15) is 0 Å². The second-order valence-corrected chi connectivity index (χ2v) is 4.54. The van der Waals surface area contributed by atoms with Gasteiger partial charge in [-0.2, -0.15) is 4.98 Å². The number of nitrogens with zero attached hydrogens (tertiary/aromatic N) is 4. The van der Waals surface area contributed by atoms with Crippen molar-refractivity contribution in [3.8, 4) is 17.3 Å². The Labute approximate surface area is 110 Å². The van der Waals surface area contributed by atoms with E-state index in [1.165, 1.54) is 0 Å². The average Bonchev–Trinajstić information content (AvgIpc) is 3.07. The van der Waals surface area contributed by atoms with Gasteiger partial charge < -0.3 is 15.4 Å². The number of H-pyrrole nitrogens is 1. The first kappa shape index (κ1) is 11.9. The van der Waals surface area contributed by atoms with E-state index in [4.69, 9.17) is 10.5 Å². The highest BCUT2D eigenvalue weighted by Gasteiger charge is 2.23. The quantitative estimate of drug-likeness (QED) is 0.830. The van der Waals surface area contributed by atoms with Crippen molar-refractivity contribution in [3.63, 3.8) is 0 Å². The second-order valence-electron chi connectivity index (χ2n) is 4.54. The Morgan fingerprint density at radius 1 is 1.53 bits per heavy atom. The van der Waals surface area contributed by atoms with Gasteiger partial charge in [-0.1, -0.05) is 0 Å². The number of anilines is 1. The highest BCUT2D eigenvalue weighted by Crippen LogP contribution is 2.26. The molecular formula is C12H16N6O. The van der Waals surface area contributed by atoms with Gasteiger partial charge in [0, 0.05) is 25.3 Å².